The summed E-state index contributed by atoms with van der Waals surface area (Å²) in [5, 5.41) is 9.57. The Hall–Kier alpha value is -1.86. The first-order valence-corrected chi connectivity index (χ1v) is 7.13. The maximum absolute atomic E-state index is 12.2. The number of anilines is 1. The molecule has 0 saturated heterocycles. The first-order chi connectivity index (χ1) is 9.95. The molecule has 8 heteroatoms. The molecule has 1 heterocycles. The molecule has 6 nitrogen and oxygen atoms in total. The predicted molar refractivity (Wildman–Crippen MR) is 83.7 cm³/mol. The molecule has 0 aliphatic rings. The van der Waals surface area contributed by atoms with Crippen molar-refractivity contribution in [2.24, 2.45) is 7.05 Å². The summed E-state index contributed by atoms with van der Waals surface area (Å²) in [5.41, 5.74) is 0.531. The fourth-order valence-corrected chi connectivity index (χ4v) is 2.55. The Balaban J connectivity index is 2.32. The molecule has 0 atom stereocenters. The van der Waals surface area contributed by atoms with Gasteiger partial charge in [-0.3, -0.25) is 14.3 Å². The molecule has 2 amide bonds. The van der Waals surface area contributed by atoms with Gasteiger partial charge in [0.25, 0.3) is 11.8 Å². The first kappa shape index (κ1) is 15.5. The minimum atomic E-state index is -0.382. The lowest BCUT2D eigenvalue weighted by Crippen LogP contribution is -2.19. The summed E-state index contributed by atoms with van der Waals surface area (Å²) < 4.78 is 1.81. The smallest absolute Gasteiger partial charge is 0.272 e. The van der Waals surface area contributed by atoms with E-state index in [-0.39, 0.29) is 17.5 Å². The second kappa shape index (κ2) is 6.28. The Morgan fingerprint density at radius 3 is 2.57 bits per heavy atom. The summed E-state index contributed by atoms with van der Waals surface area (Å²) in [6, 6.07) is 6.70. The third-order valence-electron chi connectivity index (χ3n) is 2.78. The zero-order valence-corrected chi connectivity index (χ0v) is 13.6. The molecule has 0 aliphatic heterocycles. The number of nitrogens with zero attached hydrogens (tertiary/aromatic N) is 2. The van der Waals surface area contributed by atoms with E-state index in [1.54, 1.807) is 31.3 Å². The topological polar surface area (TPSA) is 76.0 Å². The maximum Gasteiger partial charge on any atom is 0.272 e. The standard InChI is InChI=1S/C13H12BrClN4O2/c1-16-13(21)10-9(14)11(19(2)18-10)17-12(20)7-5-3-4-6-8(7)15/h3-6H,1-2H3,(H,16,21)(H,17,20). The number of hydrogen-bond acceptors (Lipinski definition) is 3. The number of halogens is 2. The van der Waals surface area contributed by atoms with Crippen molar-refractivity contribution < 1.29 is 9.59 Å². The molecule has 21 heavy (non-hydrogen) atoms. The molecule has 110 valence electrons. The first-order valence-electron chi connectivity index (χ1n) is 5.96. The van der Waals surface area contributed by atoms with Crippen LogP contribution in [0.25, 0.3) is 0 Å². The van der Waals surface area contributed by atoms with Crippen molar-refractivity contribution in [2.45, 2.75) is 0 Å². The van der Waals surface area contributed by atoms with Crippen LogP contribution in [0, 0.1) is 0 Å². The molecule has 0 spiro atoms. The molecule has 2 rings (SSSR count). The van der Waals surface area contributed by atoms with E-state index in [4.69, 9.17) is 11.6 Å². The van der Waals surface area contributed by atoms with Gasteiger partial charge in [0.05, 0.1) is 15.1 Å². The van der Waals surface area contributed by atoms with Crippen LogP contribution in [0.1, 0.15) is 20.8 Å². The molecule has 1 aromatic heterocycles. The van der Waals surface area contributed by atoms with E-state index in [0.29, 0.717) is 20.9 Å². The molecule has 1 aromatic carbocycles. The lowest BCUT2D eigenvalue weighted by molar-refractivity contribution is 0.0955. The average molecular weight is 372 g/mol. The molecule has 0 fully saturated rings. The van der Waals surface area contributed by atoms with Gasteiger partial charge in [0, 0.05) is 14.1 Å². The van der Waals surface area contributed by atoms with E-state index >= 15 is 0 Å². The highest BCUT2D eigenvalue weighted by Crippen LogP contribution is 2.27. The van der Waals surface area contributed by atoms with Gasteiger partial charge in [-0.05, 0) is 28.1 Å². The highest BCUT2D eigenvalue weighted by atomic mass is 79.9. The lowest BCUT2D eigenvalue weighted by atomic mass is 10.2. The summed E-state index contributed by atoms with van der Waals surface area (Å²) >= 11 is 9.26. The van der Waals surface area contributed by atoms with Crippen LogP contribution < -0.4 is 10.6 Å². The van der Waals surface area contributed by atoms with Crippen LogP contribution >= 0.6 is 27.5 Å². The molecule has 0 unspecified atom stereocenters. The van der Waals surface area contributed by atoms with Crippen LogP contribution in [-0.4, -0.2) is 28.6 Å². The highest BCUT2D eigenvalue weighted by Gasteiger charge is 2.21. The van der Waals surface area contributed by atoms with Crippen molar-refractivity contribution in [3.8, 4) is 0 Å². The number of benzene rings is 1. The van der Waals surface area contributed by atoms with E-state index in [2.05, 4.69) is 31.7 Å². The molecule has 2 N–H and O–H groups in total. The maximum atomic E-state index is 12.2. The van der Waals surface area contributed by atoms with Gasteiger partial charge in [-0.25, -0.2) is 0 Å². The highest BCUT2D eigenvalue weighted by molar-refractivity contribution is 9.10. The van der Waals surface area contributed by atoms with Crippen LogP contribution in [0.5, 0.6) is 0 Å². The lowest BCUT2D eigenvalue weighted by Gasteiger charge is -2.07. The summed E-state index contributed by atoms with van der Waals surface area (Å²) in [6.07, 6.45) is 0. The fourth-order valence-electron chi connectivity index (χ4n) is 1.72. The number of rotatable bonds is 3. The van der Waals surface area contributed by atoms with Gasteiger partial charge in [-0.2, -0.15) is 5.10 Å². The SMILES string of the molecule is CNC(=O)c1nn(C)c(NC(=O)c2ccccc2Cl)c1Br. The Kier molecular flexibility index (Phi) is 4.64. The summed E-state index contributed by atoms with van der Waals surface area (Å²) in [7, 11) is 3.13. The zero-order valence-electron chi connectivity index (χ0n) is 11.3. The van der Waals surface area contributed by atoms with Crippen molar-refractivity contribution in [1.29, 1.82) is 0 Å². The third-order valence-corrected chi connectivity index (χ3v) is 3.86. The van der Waals surface area contributed by atoms with Crippen LogP contribution in [0.4, 0.5) is 5.82 Å². The Morgan fingerprint density at radius 1 is 1.29 bits per heavy atom. The molecule has 0 bridgehead atoms. The van der Waals surface area contributed by atoms with Gasteiger partial charge in [-0.1, -0.05) is 23.7 Å². The predicted octanol–water partition coefficient (Wildman–Crippen LogP) is 2.45. The monoisotopic (exact) mass is 370 g/mol. The van der Waals surface area contributed by atoms with Gasteiger partial charge in [0.1, 0.15) is 5.82 Å². The quantitative estimate of drug-likeness (QED) is 0.870. The fraction of sp³-hybridized carbons (Fsp3) is 0.154. The molecular formula is C13H12BrClN4O2. The zero-order chi connectivity index (χ0) is 15.6. The number of aromatic nitrogens is 2. The van der Waals surface area contributed by atoms with Gasteiger partial charge < -0.3 is 10.6 Å². The number of carbonyl (C=O) groups excluding carboxylic acids is 2. The number of nitrogens with one attached hydrogen (secondary N) is 2. The number of amides is 2. The minimum Gasteiger partial charge on any atom is -0.354 e. The van der Waals surface area contributed by atoms with E-state index in [1.165, 1.54) is 11.7 Å². The van der Waals surface area contributed by atoms with Crippen LogP contribution in [0.3, 0.4) is 0 Å². The van der Waals surface area contributed by atoms with Crippen molar-refractivity contribution in [3.05, 3.63) is 45.0 Å². The summed E-state index contributed by atoms with van der Waals surface area (Å²) in [4.78, 5) is 23.9. The van der Waals surface area contributed by atoms with E-state index in [9.17, 15) is 9.59 Å². The van der Waals surface area contributed by atoms with Gasteiger partial charge >= 0.3 is 0 Å². The number of aryl methyl sites for hydroxylation is 1. The Morgan fingerprint density at radius 2 is 1.95 bits per heavy atom. The molecule has 2 aromatic rings. The van der Waals surface area contributed by atoms with E-state index in [1.807, 2.05) is 0 Å². The minimum absolute atomic E-state index is 0.189. The Labute approximate surface area is 134 Å². The second-order valence-electron chi connectivity index (χ2n) is 4.15. The van der Waals surface area contributed by atoms with Gasteiger partial charge in [0.15, 0.2) is 5.69 Å². The normalized spacial score (nSPS) is 10.3. The van der Waals surface area contributed by atoms with Crippen LogP contribution in [-0.2, 0) is 7.05 Å². The van der Waals surface area contributed by atoms with Gasteiger partial charge in [0.2, 0.25) is 0 Å². The number of hydrogen-bond donors (Lipinski definition) is 2. The van der Waals surface area contributed by atoms with Crippen molar-refractivity contribution in [2.75, 3.05) is 12.4 Å². The molecule has 0 aliphatic carbocycles. The van der Waals surface area contributed by atoms with Crippen molar-refractivity contribution in [1.82, 2.24) is 15.1 Å². The largest absolute Gasteiger partial charge is 0.354 e. The van der Waals surface area contributed by atoms with Crippen LogP contribution in [0.15, 0.2) is 28.7 Å². The Bertz CT molecular complexity index is 714. The van der Waals surface area contributed by atoms with Crippen molar-refractivity contribution in [3.63, 3.8) is 0 Å². The van der Waals surface area contributed by atoms with E-state index < -0.39 is 0 Å². The third kappa shape index (κ3) is 3.08. The molecule has 0 saturated carbocycles. The van der Waals surface area contributed by atoms with Crippen LogP contribution in [0.2, 0.25) is 5.02 Å². The van der Waals surface area contributed by atoms with E-state index in [0.717, 1.165) is 0 Å². The molecule has 0 radical (unpaired) electrons. The summed E-state index contributed by atoms with van der Waals surface area (Å²) in [6.45, 7) is 0. The molecular weight excluding hydrogens is 360 g/mol. The average Bonchev–Trinajstić information content (AvgIpc) is 2.75. The van der Waals surface area contributed by atoms with Crippen molar-refractivity contribution >= 4 is 45.2 Å². The van der Waals surface area contributed by atoms with Gasteiger partial charge in [-0.15, -0.1) is 0 Å². The summed E-state index contributed by atoms with van der Waals surface area (Å²) in [5.74, 6) is -0.359. The number of carbonyl (C=O) groups is 2. The second-order valence-corrected chi connectivity index (χ2v) is 5.35.